The minimum absolute atomic E-state index is 0.122. The van der Waals surface area contributed by atoms with Crippen molar-refractivity contribution in [3.05, 3.63) is 0 Å². The lowest BCUT2D eigenvalue weighted by atomic mass is 10.0. The van der Waals surface area contributed by atoms with E-state index in [9.17, 15) is 0 Å². The standard InChI is InChI=1S/C10H23NO2/c1-6-12-10(4,5)7-8(2)13-9(3)11/h8-9H,6-7,11H2,1-5H3. The first kappa shape index (κ1) is 12.9. The number of hydrogen-bond acceptors (Lipinski definition) is 3. The molecule has 0 radical (unpaired) electrons. The van der Waals surface area contributed by atoms with Crippen LogP contribution in [-0.4, -0.2) is 24.5 Å². The second-order valence-electron chi connectivity index (χ2n) is 4.05. The van der Waals surface area contributed by atoms with E-state index < -0.39 is 0 Å². The molecule has 0 aliphatic carbocycles. The van der Waals surface area contributed by atoms with Gasteiger partial charge < -0.3 is 15.2 Å². The van der Waals surface area contributed by atoms with E-state index in [1.165, 1.54) is 0 Å². The van der Waals surface area contributed by atoms with E-state index in [0.29, 0.717) is 0 Å². The zero-order chi connectivity index (χ0) is 10.5. The number of nitrogens with two attached hydrogens (primary N) is 1. The topological polar surface area (TPSA) is 44.5 Å². The van der Waals surface area contributed by atoms with Crippen molar-refractivity contribution < 1.29 is 9.47 Å². The summed E-state index contributed by atoms with van der Waals surface area (Å²) >= 11 is 0. The monoisotopic (exact) mass is 189 g/mol. The van der Waals surface area contributed by atoms with Gasteiger partial charge in [0, 0.05) is 13.0 Å². The predicted octanol–water partition coefficient (Wildman–Crippen LogP) is 1.90. The lowest BCUT2D eigenvalue weighted by Gasteiger charge is -2.28. The summed E-state index contributed by atoms with van der Waals surface area (Å²) in [7, 11) is 0. The number of rotatable bonds is 6. The van der Waals surface area contributed by atoms with Crippen LogP contribution in [0.5, 0.6) is 0 Å². The van der Waals surface area contributed by atoms with E-state index in [4.69, 9.17) is 15.2 Å². The van der Waals surface area contributed by atoms with Crippen LogP contribution >= 0.6 is 0 Å². The van der Waals surface area contributed by atoms with Crippen molar-refractivity contribution in [2.45, 2.75) is 59.0 Å². The van der Waals surface area contributed by atoms with Crippen LogP contribution in [0.4, 0.5) is 0 Å². The van der Waals surface area contributed by atoms with Crippen molar-refractivity contribution in [2.75, 3.05) is 6.61 Å². The molecular weight excluding hydrogens is 166 g/mol. The molecule has 2 atom stereocenters. The van der Waals surface area contributed by atoms with Crippen LogP contribution in [0.3, 0.4) is 0 Å². The largest absolute Gasteiger partial charge is 0.376 e. The fourth-order valence-corrected chi connectivity index (χ4v) is 1.56. The third-order valence-electron chi connectivity index (χ3n) is 1.76. The molecule has 0 spiro atoms. The minimum atomic E-state index is -0.201. The third kappa shape index (κ3) is 6.99. The Kier molecular flexibility index (Phi) is 5.53. The van der Waals surface area contributed by atoms with E-state index in [0.717, 1.165) is 13.0 Å². The normalized spacial score (nSPS) is 17.1. The molecule has 0 amide bonds. The van der Waals surface area contributed by atoms with Crippen molar-refractivity contribution in [3.63, 3.8) is 0 Å². The molecule has 2 N–H and O–H groups in total. The van der Waals surface area contributed by atoms with Crippen LogP contribution < -0.4 is 5.73 Å². The Morgan fingerprint density at radius 1 is 1.31 bits per heavy atom. The highest BCUT2D eigenvalue weighted by molar-refractivity contribution is 4.72. The van der Waals surface area contributed by atoms with Gasteiger partial charge >= 0.3 is 0 Å². The average molecular weight is 189 g/mol. The van der Waals surface area contributed by atoms with Gasteiger partial charge in [-0.1, -0.05) is 0 Å². The smallest absolute Gasteiger partial charge is 0.103 e. The van der Waals surface area contributed by atoms with Gasteiger partial charge in [-0.05, 0) is 34.6 Å². The Hall–Kier alpha value is -0.120. The van der Waals surface area contributed by atoms with Crippen molar-refractivity contribution in [2.24, 2.45) is 5.73 Å². The van der Waals surface area contributed by atoms with Crippen molar-refractivity contribution in [1.29, 1.82) is 0 Å². The van der Waals surface area contributed by atoms with Crippen molar-refractivity contribution >= 4 is 0 Å². The van der Waals surface area contributed by atoms with Gasteiger partial charge in [-0.2, -0.15) is 0 Å². The molecule has 3 heteroatoms. The molecule has 2 unspecified atom stereocenters. The molecule has 0 aliphatic rings. The molecular formula is C10H23NO2. The first-order valence-corrected chi connectivity index (χ1v) is 4.92. The zero-order valence-corrected chi connectivity index (χ0v) is 9.46. The van der Waals surface area contributed by atoms with Gasteiger partial charge in [0.2, 0.25) is 0 Å². The number of hydrogen-bond donors (Lipinski definition) is 1. The van der Waals surface area contributed by atoms with Crippen LogP contribution in [0.25, 0.3) is 0 Å². The lowest BCUT2D eigenvalue weighted by Crippen LogP contribution is -2.33. The second kappa shape index (κ2) is 5.58. The highest BCUT2D eigenvalue weighted by atomic mass is 16.5. The van der Waals surface area contributed by atoms with Crippen LogP contribution in [0, 0.1) is 0 Å². The molecule has 0 aromatic rings. The fourth-order valence-electron chi connectivity index (χ4n) is 1.56. The van der Waals surface area contributed by atoms with Gasteiger partial charge in [0.05, 0.1) is 11.7 Å². The van der Waals surface area contributed by atoms with E-state index in [1.54, 1.807) is 0 Å². The molecule has 13 heavy (non-hydrogen) atoms. The first-order chi connectivity index (χ1) is 5.87. The molecule has 0 aromatic carbocycles. The maximum atomic E-state index is 5.56. The summed E-state index contributed by atoms with van der Waals surface area (Å²) in [6.07, 6.45) is 0.802. The Labute approximate surface area is 81.6 Å². The molecule has 80 valence electrons. The summed E-state index contributed by atoms with van der Waals surface area (Å²) in [6.45, 7) is 10.7. The van der Waals surface area contributed by atoms with Crippen LogP contribution in [-0.2, 0) is 9.47 Å². The number of ether oxygens (including phenoxy) is 2. The summed E-state index contributed by atoms with van der Waals surface area (Å²) in [5, 5.41) is 0. The third-order valence-corrected chi connectivity index (χ3v) is 1.76. The molecule has 0 bridgehead atoms. The first-order valence-electron chi connectivity index (χ1n) is 4.92. The molecule has 0 aliphatic heterocycles. The van der Waals surface area contributed by atoms with Crippen LogP contribution in [0.1, 0.15) is 41.0 Å². The van der Waals surface area contributed by atoms with E-state index in [2.05, 4.69) is 13.8 Å². The van der Waals surface area contributed by atoms with Gasteiger partial charge in [0.15, 0.2) is 0 Å². The summed E-state index contributed by atoms with van der Waals surface area (Å²) in [5.74, 6) is 0. The summed E-state index contributed by atoms with van der Waals surface area (Å²) in [6, 6.07) is 0. The summed E-state index contributed by atoms with van der Waals surface area (Å²) < 4.78 is 11.0. The molecule has 3 nitrogen and oxygen atoms in total. The Bertz CT molecular complexity index is 135. The molecule has 0 saturated heterocycles. The molecule has 0 fully saturated rings. The average Bonchev–Trinajstić information content (AvgIpc) is 1.81. The maximum absolute atomic E-state index is 5.56. The van der Waals surface area contributed by atoms with E-state index in [1.807, 2.05) is 20.8 Å². The Morgan fingerprint density at radius 2 is 1.85 bits per heavy atom. The van der Waals surface area contributed by atoms with E-state index >= 15 is 0 Å². The highest BCUT2D eigenvalue weighted by Gasteiger charge is 2.21. The molecule has 0 rings (SSSR count). The maximum Gasteiger partial charge on any atom is 0.103 e. The summed E-state index contributed by atoms with van der Waals surface area (Å²) in [4.78, 5) is 0. The Morgan fingerprint density at radius 3 is 2.23 bits per heavy atom. The lowest BCUT2D eigenvalue weighted by molar-refractivity contribution is -0.0712. The van der Waals surface area contributed by atoms with E-state index in [-0.39, 0.29) is 17.9 Å². The summed E-state index contributed by atoms with van der Waals surface area (Å²) in [5.41, 5.74) is 5.40. The van der Waals surface area contributed by atoms with Crippen molar-refractivity contribution in [3.8, 4) is 0 Å². The van der Waals surface area contributed by atoms with Gasteiger partial charge in [-0.25, -0.2) is 0 Å². The van der Waals surface area contributed by atoms with Gasteiger partial charge in [0.25, 0.3) is 0 Å². The highest BCUT2D eigenvalue weighted by Crippen LogP contribution is 2.18. The Balaban J connectivity index is 3.81. The zero-order valence-electron chi connectivity index (χ0n) is 9.46. The molecule has 0 saturated carbocycles. The second-order valence-corrected chi connectivity index (χ2v) is 4.05. The SMILES string of the molecule is CCOC(C)(C)CC(C)OC(C)N. The van der Waals surface area contributed by atoms with Crippen molar-refractivity contribution in [1.82, 2.24) is 0 Å². The molecule has 0 heterocycles. The van der Waals surface area contributed by atoms with Gasteiger partial charge in [-0.15, -0.1) is 0 Å². The molecule has 0 aromatic heterocycles. The minimum Gasteiger partial charge on any atom is -0.376 e. The fraction of sp³-hybridized carbons (Fsp3) is 1.00. The van der Waals surface area contributed by atoms with Crippen LogP contribution in [0.2, 0.25) is 0 Å². The van der Waals surface area contributed by atoms with Gasteiger partial charge in [0.1, 0.15) is 6.23 Å². The quantitative estimate of drug-likeness (QED) is 0.649. The van der Waals surface area contributed by atoms with Gasteiger partial charge in [-0.3, -0.25) is 0 Å². The predicted molar refractivity (Wildman–Crippen MR) is 54.5 cm³/mol. The van der Waals surface area contributed by atoms with Crippen LogP contribution in [0.15, 0.2) is 0 Å².